The number of nitrogens with one attached hydrogen (secondary N) is 1. The van der Waals surface area contributed by atoms with Gasteiger partial charge in [-0.1, -0.05) is 321 Å². The lowest BCUT2D eigenvalue weighted by Crippen LogP contribution is -2.45. The summed E-state index contributed by atoms with van der Waals surface area (Å²) in [5, 5.41) is 23.2. The van der Waals surface area contributed by atoms with E-state index in [2.05, 4.69) is 19.2 Å². The Balaban J connectivity index is 3.42. The predicted molar refractivity (Wildman–Crippen MR) is 301 cm³/mol. The van der Waals surface area contributed by atoms with Crippen LogP contribution in [-0.4, -0.2) is 47.4 Å². The SMILES string of the molecule is CCCCCCCCCCCCCCCCCC/C=C/C(O)C(CO)NC(=O)CCCCCCCCCCCCCCCCCOC(=O)CCCCCCCCCCCCCCCCCCCCC. The fraction of sp³-hybridized carbons (Fsp3) is 0.937. The second-order valence-electron chi connectivity index (χ2n) is 21.8. The highest BCUT2D eigenvalue weighted by molar-refractivity contribution is 5.76. The maximum absolute atomic E-state index is 12.5. The van der Waals surface area contributed by atoms with E-state index in [1.54, 1.807) is 6.08 Å². The van der Waals surface area contributed by atoms with Crippen molar-refractivity contribution in [2.45, 2.75) is 366 Å². The van der Waals surface area contributed by atoms with E-state index in [4.69, 9.17) is 4.74 Å². The third kappa shape index (κ3) is 55.8. The molecule has 0 fully saturated rings. The Morgan fingerprint density at radius 2 is 0.667 bits per heavy atom. The lowest BCUT2D eigenvalue weighted by molar-refractivity contribution is -0.143. The maximum atomic E-state index is 12.5. The number of allylic oxidation sites excluding steroid dienone is 1. The number of ether oxygens (including phenoxy) is 1. The minimum absolute atomic E-state index is 0.00525. The van der Waals surface area contributed by atoms with Crippen molar-refractivity contribution in [1.82, 2.24) is 5.32 Å². The molecule has 0 aromatic rings. The Morgan fingerprint density at radius 3 is 0.986 bits per heavy atom. The number of aliphatic hydroxyl groups is 2. The summed E-state index contributed by atoms with van der Waals surface area (Å²) in [6.45, 7) is 4.92. The van der Waals surface area contributed by atoms with Gasteiger partial charge in [0.15, 0.2) is 0 Å². The Hall–Kier alpha value is -1.40. The fourth-order valence-electron chi connectivity index (χ4n) is 9.99. The van der Waals surface area contributed by atoms with Crippen molar-refractivity contribution in [3.8, 4) is 0 Å². The summed E-state index contributed by atoms with van der Waals surface area (Å²) in [4.78, 5) is 24.6. The first-order valence-electron chi connectivity index (χ1n) is 31.5. The maximum Gasteiger partial charge on any atom is 0.305 e. The highest BCUT2D eigenvalue weighted by Crippen LogP contribution is 2.18. The van der Waals surface area contributed by atoms with Crippen LogP contribution in [0.4, 0.5) is 0 Å². The highest BCUT2D eigenvalue weighted by Gasteiger charge is 2.18. The summed E-state index contributed by atoms with van der Waals surface area (Å²) in [6.07, 6.45) is 71.0. The zero-order valence-electron chi connectivity index (χ0n) is 46.8. The number of carbonyl (C=O) groups is 2. The molecule has 0 aliphatic rings. The molecule has 0 rings (SSSR count). The van der Waals surface area contributed by atoms with Crippen LogP contribution in [0.25, 0.3) is 0 Å². The minimum atomic E-state index is -0.850. The monoisotopic (exact) mass is 974 g/mol. The van der Waals surface area contributed by atoms with Crippen molar-refractivity contribution in [2.75, 3.05) is 13.2 Å². The zero-order valence-corrected chi connectivity index (χ0v) is 46.8. The number of rotatable bonds is 59. The van der Waals surface area contributed by atoms with Crippen LogP contribution in [-0.2, 0) is 14.3 Å². The van der Waals surface area contributed by atoms with Crippen LogP contribution >= 0.6 is 0 Å². The van der Waals surface area contributed by atoms with Gasteiger partial charge in [0.2, 0.25) is 5.91 Å². The molecule has 1 amide bonds. The second kappa shape index (κ2) is 59.2. The molecule has 0 radical (unpaired) electrons. The summed E-state index contributed by atoms with van der Waals surface area (Å²) in [5.41, 5.74) is 0. The van der Waals surface area contributed by atoms with E-state index in [-0.39, 0.29) is 18.5 Å². The first kappa shape index (κ1) is 67.6. The van der Waals surface area contributed by atoms with E-state index in [1.165, 1.54) is 283 Å². The minimum Gasteiger partial charge on any atom is -0.466 e. The number of aliphatic hydroxyl groups excluding tert-OH is 2. The topological polar surface area (TPSA) is 95.9 Å². The second-order valence-corrected chi connectivity index (χ2v) is 21.8. The molecular formula is C63H123NO5. The van der Waals surface area contributed by atoms with Crippen LogP contribution in [0, 0.1) is 0 Å². The first-order chi connectivity index (χ1) is 34.0. The Labute approximate surface area is 431 Å². The van der Waals surface area contributed by atoms with E-state index in [1.807, 2.05) is 6.08 Å². The van der Waals surface area contributed by atoms with E-state index in [0.717, 1.165) is 44.9 Å². The van der Waals surface area contributed by atoms with Gasteiger partial charge in [-0.15, -0.1) is 0 Å². The Bertz CT molecular complexity index is 1030. The average molecular weight is 975 g/mol. The molecule has 0 spiro atoms. The van der Waals surface area contributed by atoms with Crippen molar-refractivity contribution in [3.05, 3.63) is 12.2 Å². The lowest BCUT2D eigenvalue weighted by Gasteiger charge is -2.20. The number of esters is 1. The molecule has 6 heteroatoms. The average Bonchev–Trinajstić information content (AvgIpc) is 3.35. The van der Waals surface area contributed by atoms with Gasteiger partial charge in [-0.2, -0.15) is 0 Å². The third-order valence-corrected chi connectivity index (χ3v) is 14.8. The molecule has 410 valence electrons. The van der Waals surface area contributed by atoms with Gasteiger partial charge in [0.05, 0.1) is 25.4 Å². The number of hydrogen-bond donors (Lipinski definition) is 3. The standard InChI is InChI=1S/C63H123NO5/c1-3-5-7-9-11-13-15-17-19-21-23-25-29-33-37-41-45-49-53-57-63(68)69-58-54-50-46-42-38-34-30-26-28-32-36-40-44-48-52-56-62(67)64-60(59-65)61(66)55-51-47-43-39-35-31-27-24-22-20-18-16-14-12-10-8-6-4-2/h51,55,60-61,65-66H,3-50,52-54,56-59H2,1-2H3,(H,64,67)/b55-51+. The summed E-state index contributed by atoms with van der Waals surface area (Å²) < 4.78 is 5.50. The van der Waals surface area contributed by atoms with Crippen LogP contribution < -0.4 is 5.32 Å². The smallest absolute Gasteiger partial charge is 0.305 e. The summed E-state index contributed by atoms with van der Waals surface area (Å²) in [5.74, 6) is -0.0677. The molecule has 0 saturated carbocycles. The van der Waals surface area contributed by atoms with Crippen molar-refractivity contribution < 1.29 is 24.5 Å². The first-order valence-corrected chi connectivity index (χ1v) is 31.5. The summed E-state index contributed by atoms with van der Waals surface area (Å²) >= 11 is 0. The van der Waals surface area contributed by atoms with Crippen LogP contribution in [0.2, 0.25) is 0 Å². The van der Waals surface area contributed by atoms with Gasteiger partial charge in [0.25, 0.3) is 0 Å². The molecule has 2 atom stereocenters. The Kier molecular flexibility index (Phi) is 58.0. The predicted octanol–water partition coefficient (Wildman–Crippen LogP) is 19.6. The normalized spacial score (nSPS) is 12.6. The van der Waals surface area contributed by atoms with Gasteiger partial charge in [-0.3, -0.25) is 9.59 Å². The number of hydrogen-bond acceptors (Lipinski definition) is 5. The molecule has 0 aliphatic carbocycles. The van der Waals surface area contributed by atoms with Crippen LogP contribution in [0.5, 0.6) is 0 Å². The molecule has 2 unspecified atom stereocenters. The van der Waals surface area contributed by atoms with Gasteiger partial charge in [0, 0.05) is 12.8 Å². The van der Waals surface area contributed by atoms with Crippen LogP contribution in [0.3, 0.4) is 0 Å². The molecule has 3 N–H and O–H groups in total. The third-order valence-electron chi connectivity index (χ3n) is 14.8. The van der Waals surface area contributed by atoms with Gasteiger partial charge < -0.3 is 20.3 Å². The summed E-state index contributed by atoms with van der Waals surface area (Å²) in [6, 6.07) is -0.634. The molecule has 6 nitrogen and oxygen atoms in total. The molecule has 0 bridgehead atoms. The van der Waals surface area contributed by atoms with Crippen molar-refractivity contribution in [3.63, 3.8) is 0 Å². The highest BCUT2D eigenvalue weighted by atomic mass is 16.5. The number of amides is 1. The van der Waals surface area contributed by atoms with Crippen molar-refractivity contribution >= 4 is 11.9 Å². The van der Waals surface area contributed by atoms with Crippen molar-refractivity contribution in [1.29, 1.82) is 0 Å². The molecule has 0 aromatic heterocycles. The van der Waals surface area contributed by atoms with E-state index < -0.39 is 12.1 Å². The molecule has 0 heterocycles. The zero-order chi connectivity index (χ0) is 50.0. The molecule has 0 saturated heterocycles. The van der Waals surface area contributed by atoms with Gasteiger partial charge in [0.1, 0.15) is 0 Å². The quantitative estimate of drug-likeness (QED) is 0.0321. The van der Waals surface area contributed by atoms with Crippen molar-refractivity contribution in [2.24, 2.45) is 0 Å². The number of unbranched alkanes of at least 4 members (excludes halogenated alkanes) is 48. The van der Waals surface area contributed by atoms with Gasteiger partial charge in [-0.25, -0.2) is 0 Å². The number of carbonyl (C=O) groups excluding carboxylic acids is 2. The van der Waals surface area contributed by atoms with E-state index >= 15 is 0 Å². The largest absolute Gasteiger partial charge is 0.466 e. The molecular weight excluding hydrogens is 851 g/mol. The van der Waals surface area contributed by atoms with Gasteiger partial charge in [-0.05, 0) is 32.1 Å². The fourth-order valence-corrected chi connectivity index (χ4v) is 9.99. The van der Waals surface area contributed by atoms with Crippen LogP contribution in [0.1, 0.15) is 354 Å². The lowest BCUT2D eigenvalue weighted by atomic mass is 10.0. The molecule has 0 aliphatic heterocycles. The Morgan fingerprint density at radius 1 is 0.391 bits per heavy atom. The molecule has 69 heavy (non-hydrogen) atoms. The summed E-state index contributed by atoms with van der Waals surface area (Å²) in [7, 11) is 0. The van der Waals surface area contributed by atoms with Crippen LogP contribution in [0.15, 0.2) is 12.2 Å². The van der Waals surface area contributed by atoms with Gasteiger partial charge >= 0.3 is 5.97 Å². The van der Waals surface area contributed by atoms with E-state index in [0.29, 0.717) is 19.4 Å². The molecule has 0 aromatic carbocycles. The van der Waals surface area contributed by atoms with E-state index in [9.17, 15) is 19.8 Å².